The number of rotatable bonds is 1. The smallest absolute Gasteiger partial charge is 0.408 e. The van der Waals surface area contributed by atoms with E-state index >= 15 is 0 Å². The monoisotopic (exact) mass is 200 g/mol. The van der Waals surface area contributed by atoms with E-state index in [1.165, 1.54) is 6.21 Å². The van der Waals surface area contributed by atoms with Gasteiger partial charge in [0.15, 0.2) is 12.8 Å². The Morgan fingerprint density at radius 2 is 2.29 bits per heavy atom. The number of nitrogens with one attached hydrogen (secondary N) is 1. The molecular weight excluding hydrogens is 184 g/mol. The Bertz CT molecular complexity index is 255. The van der Waals surface area contributed by atoms with Crippen LogP contribution in [0.4, 0.5) is 4.79 Å². The first-order valence-corrected chi connectivity index (χ1v) is 4.65. The highest BCUT2D eigenvalue weighted by Gasteiger charge is 2.23. The molecule has 0 aromatic rings. The third kappa shape index (κ3) is 3.64. The number of amides is 1. The van der Waals surface area contributed by atoms with Gasteiger partial charge in [0, 0.05) is 6.42 Å². The number of carbonyl (C=O) groups is 1. The summed E-state index contributed by atoms with van der Waals surface area (Å²) in [4.78, 5) is 11.2. The molecule has 1 amide bonds. The SMILES string of the molecule is CC(C)(C)OC(=O)N[C@H]1C=[N+]([O-])CC1. The lowest BCUT2D eigenvalue weighted by molar-refractivity contribution is -0.443. The molecule has 1 aliphatic rings. The van der Waals surface area contributed by atoms with E-state index < -0.39 is 11.7 Å². The van der Waals surface area contributed by atoms with Crippen molar-refractivity contribution in [1.29, 1.82) is 0 Å². The van der Waals surface area contributed by atoms with Crippen molar-refractivity contribution in [2.45, 2.75) is 38.8 Å². The maximum atomic E-state index is 11.2. The summed E-state index contributed by atoms with van der Waals surface area (Å²) >= 11 is 0. The van der Waals surface area contributed by atoms with E-state index in [4.69, 9.17) is 4.74 Å². The average molecular weight is 200 g/mol. The highest BCUT2D eigenvalue weighted by molar-refractivity contribution is 5.74. The van der Waals surface area contributed by atoms with Gasteiger partial charge in [0.25, 0.3) is 0 Å². The van der Waals surface area contributed by atoms with E-state index in [9.17, 15) is 10.0 Å². The molecule has 14 heavy (non-hydrogen) atoms. The molecule has 1 N–H and O–H groups in total. The van der Waals surface area contributed by atoms with Crippen molar-refractivity contribution >= 4 is 12.3 Å². The molecule has 80 valence electrons. The van der Waals surface area contributed by atoms with E-state index in [1.807, 2.05) is 0 Å². The summed E-state index contributed by atoms with van der Waals surface area (Å²) in [5.41, 5.74) is -0.500. The topological polar surface area (TPSA) is 64.4 Å². The van der Waals surface area contributed by atoms with Crippen LogP contribution in [0.3, 0.4) is 0 Å². The molecule has 5 heteroatoms. The first kappa shape index (κ1) is 10.8. The maximum absolute atomic E-state index is 11.2. The number of hydroxylamine groups is 1. The summed E-state index contributed by atoms with van der Waals surface area (Å²) in [7, 11) is 0. The van der Waals surface area contributed by atoms with Gasteiger partial charge in [0.1, 0.15) is 11.6 Å². The molecule has 0 unspecified atom stereocenters. The van der Waals surface area contributed by atoms with Crippen LogP contribution in [0.25, 0.3) is 0 Å². The lowest BCUT2D eigenvalue weighted by atomic mass is 10.2. The summed E-state index contributed by atoms with van der Waals surface area (Å²) in [6, 6.07) is -0.192. The fourth-order valence-corrected chi connectivity index (χ4v) is 1.18. The van der Waals surface area contributed by atoms with Crippen LogP contribution >= 0.6 is 0 Å². The van der Waals surface area contributed by atoms with Crippen molar-refractivity contribution in [1.82, 2.24) is 5.32 Å². The van der Waals surface area contributed by atoms with Gasteiger partial charge in [0.2, 0.25) is 0 Å². The molecule has 0 radical (unpaired) electrons. The Kier molecular flexibility index (Phi) is 2.98. The first-order chi connectivity index (χ1) is 6.37. The molecule has 1 heterocycles. The maximum Gasteiger partial charge on any atom is 0.408 e. The van der Waals surface area contributed by atoms with Crippen molar-refractivity contribution in [3.8, 4) is 0 Å². The summed E-state index contributed by atoms with van der Waals surface area (Å²) in [6.07, 6.45) is 1.61. The predicted molar refractivity (Wildman–Crippen MR) is 52.3 cm³/mol. The van der Waals surface area contributed by atoms with E-state index in [-0.39, 0.29) is 6.04 Å². The largest absolute Gasteiger partial charge is 0.624 e. The van der Waals surface area contributed by atoms with E-state index in [2.05, 4.69) is 5.32 Å². The van der Waals surface area contributed by atoms with Crippen LogP contribution in [-0.2, 0) is 4.74 Å². The molecule has 0 aliphatic carbocycles. The fraction of sp³-hybridized carbons (Fsp3) is 0.778. The third-order valence-electron chi connectivity index (χ3n) is 1.71. The molecule has 0 bridgehead atoms. The van der Waals surface area contributed by atoms with Crippen LogP contribution in [0.1, 0.15) is 27.2 Å². The van der Waals surface area contributed by atoms with Gasteiger partial charge in [-0.3, -0.25) is 0 Å². The van der Waals surface area contributed by atoms with Crippen LogP contribution < -0.4 is 5.32 Å². The number of hydrogen-bond acceptors (Lipinski definition) is 3. The zero-order valence-electron chi connectivity index (χ0n) is 8.74. The molecule has 0 saturated heterocycles. The second-order valence-corrected chi connectivity index (χ2v) is 4.33. The van der Waals surface area contributed by atoms with Gasteiger partial charge in [-0.2, -0.15) is 0 Å². The Balaban J connectivity index is 2.35. The highest BCUT2D eigenvalue weighted by atomic mass is 16.6. The summed E-state index contributed by atoms with van der Waals surface area (Å²) in [5, 5.41) is 13.4. The molecule has 1 aliphatic heterocycles. The molecular formula is C9H16N2O3. The minimum atomic E-state index is -0.500. The standard InChI is InChI=1S/C9H16N2O3/c1-9(2,3)14-8(12)10-7-4-5-11(13)6-7/h6-7H,4-5H2,1-3H3,(H,10,12)/t7-/m1/s1. The molecule has 5 nitrogen and oxygen atoms in total. The van der Waals surface area contributed by atoms with Crippen molar-refractivity contribution in [3.63, 3.8) is 0 Å². The van der Waals surface area contributed by atoms with Crippen LogP contribution in [0.5, 0.6) is 0 Å². The minimum absolute atomic E-state index is 0.192. The first-order valence-electron chi connectivity index (χ1n) is 4.65. The van der Waals surface area contributed by atoms with Gasteiger partial charge in [-0.25, -0.2) is 9.53 Å². The van der Waals surface area contributed by atoms with Crippen molar-refractivity contribution < 1.29 is 14.3 Å². The quantitative estimate of drug-likeness (QED) is 0.504. The van der Waals surface area contributed by atoms with Gasteiger partial charge in [-0.1, -0.05) is 0 Å². The third-order valence-corrected chi connectivity index (χ3v) is 1.71. The van der Waals surface area contributed by atoms with Gasteiger partial charge in [-0.15, -0.1) is 0 Å². The lowest BCUT2D eigenvalue weighted by Crippen LogP contribution is -2.39. The number of hydrogen-bond donors (Lipinski definition) is 1. The zero-order valence-corrected chi connectivity index (χ0v) is 8.74. The Morgan fingerprint density at radius 1 is 1.64 bits per heavy atom. The summed E-state index contributed by atoms with van der Waals surface area (Å²) in [6.45, 7) is 5.82. The lowest BCUT2D eigenvalue weighted by Gasteiger charge is -2.20. The van der Waals surface area contributed by atoms with E-state index in [0.717, 1.165) is 4.74 Å². The average Bonchev–Trinajstić information content (AvgIpc) is 2.30. The Labute approximate surface area is 83.3 Å². The molecule has 0 aromatic carbocycles. The van der Waals surface area contributed by atoms with Gasteiger partial charge in [0.05, 0.1) is 0 Å². The van der Waals surface area contributed by atoms with Crippen molar-refractivity contribution in [2.24, 2.45) is 0 Å². The normalized spacial score (nSPS) is 21.6. The number of nitrogens with zero attached hydrogens (tertiary/aromatic N) is 1. The number of alkyl carbamates (subject to hydrolysis) is 1. The summed E-state index contributed by atoms with van der Waals surface area (Å²) in [5.74, 6) is 0. The van der Waals surface area contributed by atoms with Crippen LogP contribution in [0, 0.1) is 5.21 Å². The molecule has 0 spiro atoms. The molecule has 1 atom stereocenters. The van der Waals surface area contributed by atoms with Crippen molar-refractivity contribution in [3.05, 3.63) is 5.21 Å². The van der Waals surface area contributed by atoms with Gasteiger partial charge in [-0.05, 0) is 20.8 Å². The predicted octanol–water partition coefficient (Wildman–Crippen LogP) is 0.864. The number of carbonyl (C=O) groups excluding carboxylic acids is 1. The molecule has 0 fully saturated rings. The summed E-state index contributed by atoms with van der Waals surface area (Å²) < 4.78 is 5.87. The molecule has 1 rings (SSSR count). The van der Waals surface area contributed by atoms with Crippen LogP contribution in [-0.4, -0.2) is 35.2 Å². The minimum Gasteiger partial charge on any atom is -0.624 e. The molecule has 0 saturated carbocycles. The second kappa shape index (κ2) is 3.86. The van der Waals surface area contributed by atoms with E-state index in [0.29, 0.717) is 13.0 Å². The highest BCUT2D eigenvalue weighted by Crippen LogP contribution is 2.07. The van der Waals surface area contributed by atoms with Crippen LogP contribution in [0.2, 0.25) is 0 Å². The molecule has 0 aromatic heterocycles. The Hall–Kier alpha value is -1.26. The van der Waals surface area contributed by atoms with Crippen molar-refractivity contribution in [2.75, 3.05) is 6.54 Å². The Morgan fingerprint density at radius 3 is 2.71 bits per heavy atom. The zero-order chi connectivity index (χ0) is 10.8. The van der Waals surface area contributed by atoms with Crippen LogP contribution in [0.15, 0.2) is 0 Å². The van der Waals surface area contributed by atoms with Gasteiger partial charge < -0.3 is 15.3 Å². The fourth-order valence-electron chi connectivity index (χ4n) is 1.18. The second-order valence-electron chi connectivity index (χ2n) is 4.33. The van der Waals surface area contributed by atoms with E-state index in [1.54, 1.807) is 20.8 Å². The number of ether oxygens (including phenoxy) is 1. The van der Waals surface area contributed by atoms with Gasteiger partial charge >= 0.3 is 6.09 Å².